The molecule has 1 saturated heterocycles. The Balaban J connectivity index is 1.25. The maximum Gasteiger partial charge on any atom is 0.254 e. The van der Waals surface area contributed by atoms with E-state index in [0.717, 1.165) is 16.8 Å². The molecule has 5 rings (SSSR count). The fourth-order valence-corrected chi connectivity index (χ4v) is 5.03. The van der Waals surface area contributed by atoms with Crippen LogP contribution < -0.4 is 4.90 Å². The molecule has 1 fully saturated rings. The van der Waals surface area contributed by atoms with Gasteiger partial charge >= 0.3 is 0 Å². The molecule has 0 atom stereocenters. The summed E-state index contributed by atoms with van der Waals surface area (Å²) >= 11 is 0. The number of amides is 2. The summed E-state index contributed by atoms with van der Waals surface area (Å²) in [7, 11) is 0. The standard InChI is InChI=1S/C30H29F2N3O2/c1-30(2,23-10-12-24(31)13-11-23)29(37)34-18-16-33(17-19-34)28(36)22-9-14-27(25(32)20-22)35-15-5-7-21-6-3-4-8-26(21)35/h3-14,20H,15-19H2,1-2H3. The second kappa shape index (κ2) is 9.81. The van der Waals surface area contributed by atoms with Gasteiger partial charge in [0.15, 0.2) is 0 Å². The quantitative estimate of drug-likeness (QED) is 0.481. The minimum absolute atomic E-state index is 0.0718. The van der Waals surface area contributed by atoms with E-state index in [0.29, 0.717) is 38.4 Å². The maximum atomic E-state index is 15.2. The third kappa shape index (κ3) is 4.73. The molecule has 0 N–H and O–H groups in total. The van der Waals surface area contributed by atoms with Crippen molar-refractivity contribution in [3.05, 3.63) is 101 Å². The van der Waals surface area contributed by atoms with Crippen molar-refractivity contribution in [1.82, 2.24) is 9.80 Å². The number of fused-ring (bicyclic) bond motifs is 1. The molecular weight excluding hydrogens is 472 g/mol. The summed E-state index contributed by atoms with van der Waals surface area (Å²) < 4.78 is 28.6. The number of hydrogen-bond acceptors (Lipinski definition) is 3. The second-order valence-electron chi connectivity index (χ2n) is 9.95. The molecule has 2 heterocycles. The van der Waals surface area contributed by atoms with Crippen LogP contribution >= 0.6 is 0 Å². The minimum atomic E-state index is -0.818. The average Bonchev–Trinajstić information content (AvgIpc) is 2.92. The molecule has 0 radical (unpaired) electrons. The Morgan fingerprint density at radius 3 is 2.19 bits per heavy atom. The van der Waals surface area contributed by atoms with Gasteiger partial charge in [-0.05, 0) is 61.4 Å². The number of nitrogens with zero attached hydrogens (tertiary/aromatic N) is 3. The molecule has 2 aliphatic rings. The molecule has 3 aromatic rings. The molecule has 0 spiro atoms. The minimum Gasteiger partial charge on any atom is -0.338 e. The highest BCUT2D eigenvalue weighted by Crippen LogP contribution is 2.34. The normalized spacial score (nSPS) is 15.5. The number of hydrogen-bond donors (Lipinski definition) is 0. The van der Waals surface area contributed by atoms with Crippen molar-refractivity contribution in [3.63, 3.8) is 0 Å². The Bertz CT molecular complexity index is 1360. The number of anilines is 2. The van der Waals surface area contributed by atoms with E-state index in [-0.39, 0.29) is 23.2 Å². The van der Waals surface area contributed by atoms with Crippen LogP contribution in [0.2, 0.25) is 0 Å². The molecule has 0 bridgehead atoms. The Labute approximate surface area is 215 Å². The van der Waals surface area contributed by atoms with Gasteiger partial charge in [-0.25, -0.2) is 8.78 Å². The third-order valence-corrected chi connectivity index (χ3v) is 7.25. The lowest BCUT2D eigenvalue weighted by atomic mass is 9.83. The largest absolute Gasteiger partial charge is 0.338 e. The van der Waals surface area contributed by atoms with Gasteiger partial charge in [0.05, 0.1) is 11.1 Å². The number of carbonyl (C=O) groups excluding carboxylic acids is 2. The third-order valence-electron chi connectivity index (χ3n) is 7.25. The van der Waals surface area contributed by atoms with Crippen LogP contribution in [0.5, 0.6) is 0 Å². The van der Waals surface area contributed by atoms with Crippen molar-refractivity contribution >= 4 is 29.3 Å². The lowest BCUT2D eigenvalue weighted by molar-refractivity contribution is -0.137. The molecule has 0 aliphatic carbocycles. The van der Waals surface area contributed by atoms with Crippen molar-refractivity contribution in [3.8, 4) is 0 Å². The number of benzene rings is 3. The molecule has 2 amide bonds. The van der Waals surface area contributed by atoms with Crippen LogP contribution in [0, 0.1) is 11.6 Å². The molecule has 0 saturated carbocycles. The van der Waals surface area contributed by atoms with Gasteiger partial charge in [-0.15, -0.1) is 0 Å². The van der Waals surface area contributed by atoms with Gasteiger partial charge in [0.2, 0.25) is 5.91 Å². The predicted octanol–water partition coefficient (Wildman–Crippen LogP) is 5.39. The first-order valence-electron chi connectivity index (χ1n) is 12.4. The summed E-state index contributed by atoms with van der Waals surface area (Å²) in [5, 5.41) is 0. The fraction of sp³-hybridized carbons (Fsp3) is 0.267. The summed E-state index contributed by atoms with van der Waals surface area (Å²) in [5.74, 6) is -1.13. The molecule has 0 unspecified atom stereocenters. The zero-order valence-corrected chi connectivity index (χ0v) is 21.0. The van der Waals surface area contributed by atoms with Crippen LogP contribution in [0.1, 0.15) is 35.3 Å². The number of piperazine rings is 1. The van der Waals surface area contributed by atoms with E-state index >= 15 is 4.39 Å². The zero-order chi connectivity index (χ0) is 26.2. The lowest BCUT2D eigenvalue weighted by Crippen LogP contribution is -2.54. The number of carbonyl (C=O) groups is 2. The monoisotopic (exact) mass is 501 g/mol. The SMILES string of the molecule is CC(C)(C(=O)N1CCN(C(=O)c2ccc(N3CC=Cc4ccccc43)c(F)c2)CC1)c1ccc(F)cc1. The summed E-state index contributed by atoms with van der Waals surface area (Å²) in [5.41, 5.74) is 2.57. The first kappa shape index (κ1) is 24.7. The van der Waals surface area contributed by atoms with Crippen LogP contribution in [0.25, 0.3) is 6.08 Å². The summed E-state index contributed by atoms with van der Waals surface area (Å²) in [6.07, 6.45) is 4.01. The Morgan fingerprint density at radius 1 is 0.811 bits per heavy atom. The van der Waals surface area contributed by atoms with Crippen molar-refractivity contribution < 1.29 is 18.4 Å². The van der Waals surface area contributed by atoms with Crippen LogP contribution in [-0.4, -0.2) is 54.3 Å². The van der Waals surface area contributed by atoms with Crippen molar-refractivity contribution in [2.24, 2.45) is 0 Å². The zero-order valence-electron chi connectivity index (χ0n) is 21.0. The molecule has 37 heavy (non-hydrogen) atoms. The molecule has 190 valence electrons. The predicted molar refractivity (Wildman–Crippen MR) is 141 cm³/mol. The van der Waals surface area contributed by atoms with Gasteiger partial charge in [-0.3, -0.25) is 9.59 Å². The lowest BCUT2D eigenvalue weighted by Gasteiger charge is -2.39. The van der Waals surface area contributed by atoms with Crippen LogP contribution in [0.15, 0.2) is 72.8 Å². The van der Waals surface area contributed by atoms with Gasteiger partial charge in [0.25, 0.3) is 5.91 Å². The Hall–Kier alpha value is -4.00. The van der Waals surface area contributed by atoms with Gasteiger partial charge in [0, 0.05) is 44.0 Å². The summed E-state index contributed by atoms with van der Waals surface area (Å²) in [4.78, 5) is 31.7. The molecule has 7 heteroatoms. The van der Waals surface area contributed by atoms with Gasteiger partial charge in [0.1, 0.15) is 11.6 Å². The highest BCUT2D eigenvalue weighted by Gasteiger charge is 2.36. The van der Waals surface area contributed by atoms with Crippen molar-refractivity contribution in [1.29, 1.82) is 0 Å². The van der Waals surface area contributed by atoms with Crippen molar-refractivity contribution in [2.45, 2.75) is 19.3 Å². The number of rotatable bonds is 4. The van der Waals surface area contributed by atoms with Crippen LogP contribution in [0.4, 0.5) is 20.2 Å². The Morgan fingerprint density at radius 2 is 1.49 bits per heavy atom. The smallest absolute Gasteiger partial charge is 0.254 e. The van der Waals surface area contributed by atoms with E-state index in [1.165, 1.54) is 18.2 Å². The highest BCUT2D eigenvalue weighted by molar-refractivity contribution is 5.95. The fourth-order valence-electron chi connectivity index (χ4n) is 5.03. The maximum absolute atomic E-state index is 15.2. The van der Waals surface area contributed by atoms with Gasteiger partial charge in [-0.2, -0.15) is 0 Å². The summed E-state index contributed by atoms with van der Waals surface area (Å²) in [6.45, 7) is 5.67. The van der Waals surface area contributed by atoms with E-state index in [1.807, 2.05) is 55.2 Å². The average molecular weight is 502 g/mol. The van der Waals surface area contributed by atoms with Crippen LogP contribution in [0.3, 0.4) is 0 Å². The molecular formula is C30H29F2N3O2. The first-order valence-corrected chi connectivity index (χ1v) is 12.4. The molecule has 5 nitrogen and oxygen atoms in total. The Kier molecular flexibility index (Phi) is 6.54. The van der Waals surface area contributed by atoms with E-state index in [2.05, 4.69) is 0 Å². The van der Waals surface area contributed by atoms with Crippen LogP contribution in [-0.2, 0) is 10.2 Å². The van der Waals surface area contributed by atoms with Gasteiger partial charge < -0.3 is 14.7 Å². The highest BCUT2D eigenvalue weighted by atomic mass is 19.1. The van der Waals surface area contributed by atoms with Crippen molar-refractivity contribution in [2.75, 3.05) is 37.6 Å². The number of para-hydroxylation sites is 1. The summed E-state index contributed by atoms with van der Waals surface area (Å²) in [6, 6.07) is 18.4. The van der Waals surface area contributed by atoms with Gasteiger partial charge in [-0.1, -0.05) is 42.5 Å². The topological polar surface area (TPSA) is 43.9 Å². The van der Waals surface area contributed by atoms with E-state index in [4.69, 9.17) is 0 Å². The molecule has 2 aliphatic heterocycles. The molecule has 3 aromatic carbocycles. The molecule has 0 aromatic heterocycles. The van der Waals surface area contributed by atoms with E-state index in [9.17, 15) is 14.0 Å². The van der Waals surface area contributed by atoms with E-state index < -0.39 is 11.2 Å². The first-order chi connectivity index (χ1) is 17.8. The number of halogens is 2. The van der Waals surface area contributed by atoms with E-state index in [1.54, 1.807) is 34.1 Å². The second-order valence-corrected chi connectivity index (χ2v) is 9.95.